The van der Waals surface area contributed by atoms with Gasteiger partial charge in [-0.2, -0.15) is 0 Å². The molecule has 2 saturated heterocycles. The van der Waals surface area contributed by atoms with Gasteiger partial charge in [0.1, 0.15) is 5.75 Å². The highest BCUT2D eigenvalue weighted by molar-refractivity contribution is 5.77. The number of methoxy groups -OCH3 is 1. The highest BCUT2D eigenvalue weighted by atomic mass is 16.5. The molecule has 1 aromatic rings. The third-order valence-electron chi connectivity index (χ3n) is 5.85. The van der Waals surface area contributed by atoms with E-state index in [0.29, 0.717) is 18.5 Å². The van der Waals surface area contributed by atoms with E-state index in [-0.39, 0.29) is 6.04 Å². The van der Waals surface area contributed by atoms with Crippen molar-refractivity contribution in [2.75, 3.05) is 59.6 Å². The van der Waals surface area contributed by atoms with Crippen LogP contribution < -0.4 is 15.8 Å². The van der Waals surface area contributed by atoms with Crippen LogP contribution in [0.1, 0.15) is 31.4 Å². The molecule has 7 nitrogen and oxygen atoms in total. The van der Waals surface area contributed by atoms with E-state index in [1.54, 1.807) is 7.11 Å². The number of nitrogens with zero attached hydrogens (tertiary/aromatic N) is 3. The smallest absolute Gasteiger partial charge is 0.188 e. The molecule has 2 aliphatic heterocycles. The topological polar surface area (TPSA) is 75.3 Å². The highest BCUT2D eigenvalue weighted by Crippen LogP contribution is 2.24. The van der Waals surface area contributed by atoms with Crippen molar-refractivity contribution < 1.29 is 9.47 Å². The monoisotopic (exact) mass is 389 g/mol. The zero-order chi connectivity index (χ0) is 19.8. The molecule has 0 spiro atoms. The summed E-state index contributed by atoms with van der Waals surface area (Å²) in [6.45, 7) is 9.35. The number of ether oxygens (including phenoxy) is 2. The van der Waals surface area contributed by atoms with Crippen molar-refractivity contribution in [3.63, 3.8) is 0 Å². The Morgan fingerprint density at radius 3 is 2.71 bits per heavy atom. The van der Waals surface area contributed by atoms with Crippen LogP contribution in [0.4, 0.5) is 0 Å². The number of aliphatic imine (C=N–C) groups is 1. The van der Waals surface area contributed by atoms with Gasteiger partial charge in [-0.15, -0.1) is 0 Å². The third-order valence-corrected chi connectivity index (χ3v) is 5.85. The fourth-order valence-electron chi connectivity index (χ4n) is 4.15. The maximum atomic E-state index is 6.20. The first-order valence-corrected chi connectivity index (χ1v) is 10.4. The Hall–Kier alpha value is -1.83. The molecular formula is C21H35N5O2. The number of guanidine groups is 1. The molecule has 0 amide bonds. The summed E-state index contributed by atoms with van der Waals surface area (Å²) >= 11 is 0. The number of likely N-dealkylation sites (N-methyl/N-ethyl adjacent to an activating group) is 1. The first kappa shape index (κ1) is 20.9. The number of morpholine rings is 1. The van der Waals surface area contributed by atoms with E-state index < -0.39 is 0 Å². The number of hydrogen-bond acceptors (Lipinski definition) is 5. The average molecular weight is 390 g/mol. The summed E-state index contributed by atoms with van der Waals surface area (Å²) in [5, 5.41) is 3.34. The lowest BCUT2D eigenvalue weighted by Gasteiger charge is -2.34. The van der Waals surface area contributed by atoms with Crippen molar-refractivity contribution in [1.29, 1.82) is 0 Å². The van der Waals surface area contributed by atoms with Gasteiger partial charge in [0.25, 0.3) is 0 Å². The lowest BCUT2D eigenvalue weighted by Crippen LogP contribution is -2.43. The summed E-state index contributed by atoms with van der Waals surface area (Å²) in [7, 11) is 1.69. The van der Waals surface area contributed by atoms with Crippen LogP contribution in [-0.4, -0.2) is 81.4 Å². The second-order valence-electron chi connectivity index (χ2n) is 7.47. The molecule has 28 heavy (non-hydrogen) atoms. The Morgan fingerprint density at radius 1 is 1.29 bits per heavy atom. The summed E-state index contributed by atoms with van der Waals surface area (Å²) in [4.78, 5) is 9.62. The molecule has 2 heterocycles. The molecule has 3 N–H and O–H groups in total. The van der Waals surface area contributed by atoms with Crippen LogP contribution in [0.2, 0.25) is 0 Å². The molecule has 0 radical (unpaired) electrons. The largest absolute Gasteiger partial charge is 0.497 e. The fourth-order valence-corrected chi connectivity index (χ4v) is 4.15. The Kier molecular flexibility index (Phi) is 7.94. The average Bonchev–Trinajstić information content (AvgIpc) is 3.21. The first-order chi connectivity index (χ1) is 13.7. The standard InChI is InChI=1S/C21H35N5O2/c1-3-25-10-4-5-18(25)15-23-21(22)24-16-20(26-11-13-28-14-12-26)17-6-8-19(27-2)9-7-17/h6-9,18,20H,3-5,10-16H2,1-2H3,(H3,22,23,24). The molecule has 3 rings (SSSR count). The van der Waals surface area contributed by atoms with E-state index in [0.717, 1.165) is 45.1 Å². The molecule has 0 aromatic heterocycles. The van der Waals surface area contributed by atoms with Crippen LogP contribution in [0, 0.1) is 0 Å². The van der Waals surface area contributed by atoms with Crippen LogP contribution in [0.5, 0.6) is 5.75 Å². The van der Waals surface area contributed by atoms with Crippen LogP contribution in [0.15, 0.2) is 29.3 Å². The predicted molar refractivity (Wildman–Crippen MR) is 113 cm³/mol. The van der Waals surface area contributed by atoms with E-state index in [1.807, 2.05) is 12.1 Å². The van der Waals surface area contributed by atoms with Gasteiger partial charge in [0.2, 0.25) is 0 Å². The summed E-state index contributed by atoms with van der Waals surface area (Å²) in [5.74, 6) is 1.40. The number of likely N-dealkylation sites (tertiary alicyclic amines) is 1. The van der Waals surface area contributed by atoms with Gasteiger partial charge in [0.15, 0.2) is 5.96 Å². The van der Waals surface area contributed by atoms with Gasteiger partial charge in [-0.25, -0.2) is 0 Å². The maximum absolute atomic E-state index is 6.20. The third kappa shape index (κ3) is 5.59. The molecule has 2 atom stereocenters. The first-order valence-electron chi connectivity index (χ1n) is 10.4. The molecule has 0 aliphatic carbocycles. The van der Waals surface area contributed by atoms with Crippen molar-refractivity contribution in [3.8, 4) is 5.75 Å². The minimum Gasteiger partial charge on any atom is -0.497 e. The van der Waals surface area contributed by atoms with Gasteiger partial charge in [-0.1, -0.05) is 19.1 Å². The van der Waals surface area contributed by atoms with Crippen molar-refractivity contribution >= 4 is 5.96 Å². The Labute approximate surface area is 168 Å². The molecule has 156 valence electrons. The number of nitrogens with two attached hydrogens (primary N) is 1. The lowest BCUT2D eigenvalue weighted by molar-refractivity contribution is 0.0179. The number of nitrogens with one attached hydrogen (secondary N) is 1. The Morgan fingerprint density at radius 2 is 2.04 bits per heavy atom. The van der Waals surface area contributed by atoms with Crippen LogP contribution in [0.3, 0.4) is 0 Å². The van der Waals surface area contributed by atoms with Crippen molar-refractivity contribution in [1.82, 2.24) is 15.1 Å². The summed E-state index contributed by atoms with van der Waals surface area (Å²) in [5.41, 5.74) is 7.43. The Balaban J connectivity index is 1.61. The summed E-state index contributed by atoms with van der Waals surface area (Å²) in [6, 6.07) is 9.01. The zero-order valence-corrected chi connectivity index (χ0v) is 17.3. The van der Waals surface area contributed by atoms with Crippen molar-refractivity contribution in [2.45, 2.75) is 31.8 Å². The minimum absolute atomic E-state index is 0.189. The van der Waals surface area contributed by atoms with Gasteiger partial charge in [-0.3, -0.25) is 14.8 Å². The number of rotatable bonds is 8. The summed E-state index contributed by atoms with van der Waals surface area (Å²) < 4.78 is 10.8. The molecule has 2 unspecified atom stereocenters. The maximum Gasteiger partial charge on any atom is 0.188 e. The quantitative estimate of drug-likeness (QED) is 0.518. The lowest BCUT2D eigenvalue weighted by atomic mass is 10.0. The molecule has 7 heteroatoms. The van der Waals surface area contributed by atoms with Crippen LogP contribution >= 0.6 is 0 Å². The van der Waals surface area contributed by atoms with Gasteiger partial charge >= 0.3 is 0 Å². The summed E-state index contributed by atoms with van der Waals surface area (Å²) in [6.07, 6.45) is 2.50. The number of benzene rings is 1. The zero-order valence-electron chi connectivity index (χ0n) is 17.3. The Bertz CT molecular complexity index is 616. The molecule has 0 saturated carbocycles. The van der Waals surface area contributed by atoms with Crippen molar-refractivity contribution in [2.24, 2.45) is 10.7 Å². The van der Waals surface area contributed by atoms with Gasteiger partial charge in [0, 0.05) is 25.7 Å². The van der Waals surface area contributed by atoms with E-state index in [9.17, 15) is 0 Å². The van der Waals surface area contributed by atoms with E-state index >= 15 is 0 Å². The second-order valence-corrected chi connectivity index (χ2v) is 7.47. The highest BCUT2D eigenvalue weighted by Gasteiger charge is 2.24. The van der Waals surface area contributed by atoms with E-state index in [1.165, 1.54) is 24.9 Å². The molecular weight excluding hydrogens is 354 g/mol. The van der Waals surface area contributed by atoms with Gasteiger partial charge in [0.05, 0.1) is 32.9 Å². The van der Waals surface area contributed by atoms with Crippen LogP contribution in [0.25, 0.3) is 0 Å². The number of hydrogen-bond donors (Lipinski definition) is 2. The normalized spacial score (nSPS) is 22.9. The molecule has 2 aliphatic rings. The second kappa shape index (κ2) is 10.6. The predicted octanol–water partition coefficient (Wildman–Crippen LogP) is 1.46. The molecule has 1 aromatic carbocycles. The molecule has 0 bridgehead atoms. The minimum atomic E-state index is 0.189. The van der Waals surface area contributed by atoms with E-state index in [4.69, 9.17) is 15.2 Å². The SMILES string of the molecule is CCN1CCCC1CNC(N)=NCC(c1ccc(OC)cc1)N1CCOCC1. The van der Waals surface area contributed by atoms with Crippen molar-refractivity contribution in [3.05, 3.63) is 29.8 Å². The molecule has 2 fully saturated rings. The van der Waals surface area contributed by atoms with Crippen LogP contribution in [-0.2, 0) is 4.74 Å². The van der Waals surface area contributed by atoms with E-state index in [2.05, 4.69) is 39.2 Å². The van der Waals surface area contributed by atoms with Gasteiger partial charge < -0.3 is 20.5 Å². The fraction of sp³-hybridized carbons (Fsp3) is 0.667. The van der Waals surface area contributed by atoms with Gasteiger partial charge in [-0.05, 0) is 43.6 Å².